The lowest BCUT2D eigenvalue weighted by Gasteiger charge is -2.09. The minimum absolute atomic E-state index is 0.313. The second-order valence-corrected chi connectivity index (χ2v) is 4.76. The van der Waals surface area contributed by atoms with E-state index in [1.165, 1.54) is 10.9 Å². The molecular weight excluding hydrogens is 232 g/mol. The maximum Gasteiger partial charge on any atom is 0.116 e. The molecule has 94 valence electrons. The van der Waals surface area contributed by atoms with Gasteiger partial charge in [-0.3, -0.25) is 0 Å². The van der Waals surface area contributed by atoms with Crippen LogP contribution in [0.4, 0.5) is 0 Å². The molecule has 0 aliphatic carbocycles. The molecule has 0 radical (unpaired) electrons. The Bertz CT molecular complexity index is 711. The summed E-state index contributed by atoms with van der Waals surface area (Å²) in [7, 11) is 0. The Kier molecular flexibility index (Phi) is 2.96. The number of rotatable bonds is 2. The van der Waals surface area contributed by atoms with Crippen LogP contribution in [0.3, 0.4) is 0 Å². The van der Waals surface area contributed by atoms with Crippen LogP contribution in [0, 0.1) is 0 Å². The SMILES string of the molecule is CCc1ccc(-c2cc(O)cc3ccccc23)cc1. The topological polar surface area (TPSA) is 20.2 Å². The first-order valence-corrected chi connectivity index (χ1v) is 6.59. The number of phenolic OH excluding ortho intramolecular Hbond substituents is 1. The molecular formula is C18H16O. The third-order valence-electron chi connectivity index (χ3n) is 3.52. The molecule has 0 saturated heterocycles. The quantitative estimate of drug-likeness (QED) is 0.692. The number of aryl methyl sites for hydroxylation is 1. The van der Waals surface area contributed by atoms with Gasteiger partial charge in [-0.05, 0) is 46.0 Å². The number of hydrogen-bond acceptors (Lipinski definition) is 1. The molecule has 19 heavy (non-hydrogen) atoms. The normalized spacial score (nSPS) is 10.8. The summed E-state index contributed by atoms with van der Waals surface area (Å²) in [5.74, 6) is 0.313. The smallest absolute Gasteiger partial charge is 0.116 e. The van der Waals surface area contributed by atoms with Crippen molar-refractivity contribution in [1.82, 2.24) is 0 Å². The lowest BCUT2D eigenvalue weighted by molar-refractivity contribution is 0.476. The zero-order chi connectivity index (χ0) is 13.2. The standard InChI is InChI=1S/C18H16O/c1-2-13-7-9-14(10-8-13)18-12-16(19)11-15-5-3-4-6-17(15)18/h3-12,19H,2H2,1H3. The van der Waals surface area contributed by atoms with Gasteiger partial charge in [-0.25, -0.2) is 0 Å². The Morgan fingerprint density at radius 1 is 0.895 bits per heavy atom. The number of hydrogen-bond donors (Lipinski definition) is 1. The highest BCUT2D eigenvalue weighted by Crippen LogP contribution is 2.32. The van der Waals surface area contributed by atoms with Gasteiger partial charge in [0.2, 0.25) is 0 Å². The Balaban J connectivity index is 2.22. The largest absolute Gasteiger partial charge is 0.508 e. The molecule has 0 aliphatic rings. The van der Waals surface area contributed by atoms with Crippen LogP contribution in [0.2, 0.25) is 0 Å². The van der Waals surface area contributed by atoms with Gasteiger partial charge in [0.25, 0.3) is 0 Å². The van der Waals surface area contributed by atoms with E-state index in [0.717, 1.165) is 22.9 Å². The lowest BCUT2D eigenvalue weighted by atomic mass is 9.97. The van der Waals surface area contributed by atoms with Gasteiger partial charge < -0.3 is 5.11 Å². The summed E-state index contributed by atoms with van der Waals surface area (Å²) in [5.41, 5.74) is 3.55. The van der Waals surface area contributed by atoms with Crippen LogP contribution in [0.15, 0.2) is 60.7 Å². The van der Waals surface area contributed by atoms with Crippen molar-refractivity contribution in [2.24, 2.45) is 0 Å². The van der Waals surface area contributed by atoms with E-state index in [1.807, 2.05) is 24.3 Å². The summed E-state index contributed by atoms with van der Waals surface area (Å²) >= 11 is 0. The lowest BCUT2D eigenvalue weighted by Crippen LogP contribution is -1.84. The van der Waals surface area contributed by atoms with Crippen LogP contribution >= 0.6 is 0 Å². The van der Waals surface area contributed by atoms with E-state index in [9.17, 15) is 5.11 Å². The number of fused-ring (bicyclic) bond motifs is 1. The molecule has 1 N–H and O–H groups in total. The molecule has 0 amide bonds. The van der Waals surface area contributed by atoms with Crippen molar-refractivity contribution in [2.75, 3.05) is 0 Å². The number of benzene rings is 3. The number of aromatic hydroxyl groups is 1. The molecule has 0 heterocycles. The van der Waals surface area contributed by atoms with Crippen LogP contribution in [-0.4, -0.2) is 5.11 Å². The van der Waals surface area contributed by atoms with E-state index in [4.69, 9.17) is 0 Å². The van der Waals surface area contributed by atoms with Crippen LogP contribution in [0.25, 0.3) is 21.9 Å². The molecule has 0 spiro atoms. The van der Waals surface area contributed by atoms with Gasteiger partial charge in [0, 0.05) is 0 Å². The van der Waals surface area contributed by atoms with Gasteiger partial charge in [-0.2, -0.15) is 0 Å². The first-order chi connectivity index (χ1) is 9.28. The average Bonchev–Trinajstić information content (AvgIpc) is 2.46. The zero-order valence-electron chi connectivity index (χ0n) is 10.9. The van der Waals surface area contributed by atoms with Gasteiger partial charge in [-0.1, -0.05) is 55.5 Å². The highest BCUT2D eigenvalue weighted by atomic mass is 16.3. The van der Waals surface area contributed by atoms with Crippen molar-refractivity contribution in [3.05, 3.63) is 66.2 Å². The maximum absolute atomic E-state index is 9.87. The summed E-state index contributed by atoms with van der Waals surface area (Å²) in [6.07, 6.45) is 1.04. The Labute approximate surface area is 113 Å². The number of phenols is 1. The summed E-state index contributed by atoms with van der Waals surface area (Å²) in [4.78, 5) is 0. The van der Waals surface area contributed by atoms with Crippen molar-refractivity contribution in [3.63, 3.8) is 0 Å². The summed E-state index contributed by atoms with van der Waals surface area (Å²) in [6, 6.07) is 20.3. The molecule has 0 aliphatic heterocycles. The molecule has 3 rings (SSSR count). The zero-order valence-corrected chi connectivity index (χ0v) is 10.9. The molecule has 1 heteroatoms. The van der Waals surface area contributed by atoms with E-state index in [0.29, 0.717) is 5.75 Å². The fourth-order valence-electron chi connectivity index (χ4n) is 2.45. The van der Waals surface area contributed by atoms with Gasteiger partial charge in [-0.15, -0.1) is 0 Å². The molecule has 0 unspecified atom stereocenters. The molecule has 1 nitrogen and oxygen atoms in total. The highest BCUT2D eigenvalue weighted by molar-refractivity contribution is 5.97. The average molecular weight is 248 g/mol. The summed E-state index contributed by atoms with van der Waals surface area (Å²) < 4.78 is 0. The van der Waals surface area contributed by atoms with Crippen molar-refractivity contribution in [1.29, 1.82) is 0 Å². The molecule has 0 fully saturated rings. The van der Waals surface area contributed by atoms with Gasteiger partial charge in [0.05, 0.1) is 0 Å². The highest BCUT2D eigenvalue weighted by Gasteiger charge is 2.05. The van der Waals surface area contributed by atoms with E-state index in [2.05, 4.69) is 37.3 Å². The predicted octanol–water partition coefficient (Wildman–Crippen LogP) is 4.77. The van der Waals surface area contributed by atoms with Crippen LogP contribution in [0.1, 0.15) is 12.5 Å². The monoisotopic (exact) mass is 248 g/mol. The Hall–Kier alpha value is -2.28. The van der Waals surface area contributed by atoms with Gasteiger partial charge >= 0.3 is 0 Å². The third kappa shape index (κ3) is 2.19. The van der Waals surface area contributed by atoms with E-state index in [-0.39, 0.29) is 0 Å². The predicted molar refractivity (Wildman–Crippen MR) is 80.4 cm³/mol. The fourth-order valence-corrected chi connectivity index (χ4v) is 2.45. The molecule has 0 atom stereocenters. The van der Waals surface area contributed by atoms with E-state index < -0.39 is 0 Å². The summed E-state index contributed by atoms with van der Waals surface area (Å²) in [5, 5.41) is 12.1. The van der Waals surface area contributed by atoms with Gasteiger partial charge in [0.15, 0.2) is 0 Å². The molecule has 0 bridgehead atoms. The van der Waals surface area contributed by atoms with Crippen molar-refractivity contribution in [3.8, 4) is 16.9 Å². The fraction of sp³-hybridized carbons (Fsp3) is 0.111. The van der Waals surface area contributed by atoms with Crippen LogP contribution in [0.5, 0.6) is 5.75 Å². The summed E-state index contributed by atoms with van der Waals surface area (Å²) in [6.45, 7) is 2.15. The van der Waals surface area contributed by atoms with E-state index in [1.54, 1.807) is 6.07 Å². The minimum atomic E-state index is 0.313. The molecule has 3 aromatic rings. The van der Waals surface area contributed by atoms with Crippen molar-refractivity contribution in [2.45, 2.75) is 13.3 Å². The van der Waals surface area contributed by atoms with E-state index >= 15 is 0 Å². The molecule has 0 aromatic heterocycles. The first-order valence-electron chi connectivity index (χ1n) is 6.59. The second-order valence-electron chi connectivity index (χ2n) is 4.76. The Morgan fingerprint density at radius 2 is 1.63 bits per heavy atom. The Morgan fingerprint density at radius 3 is 2.37 bits per heavy atom. The maximum atomic E-state index is 9.87. The van der Waals surface area contributed by atoms with Crippen LogP contribution in [-0.2, 0) is 6.42 Å². The van der Waals surface area contributed by atoms with Crippen molar-refractivity contribution < 1.29 is 5.11 Å². The van der Waals surface area contributed by atoms with Crippen LogP contribution < -0.4 is 0 Å². The van der Waals surface area contributed by atoms with Gasteiger partial charge in [0.1, 0.15) is 5.75 Å². The second kappa shape index (κ2) is 4.77. The molecule has 3 aromatic carbocycles. The first kappa shape index (κ1) is 11.8. The minimum Gasteiger partial charge on any atom is -0.508 e. The molecule has 0 saturated carbocycles. The third-order valence-corrected chi connectivity index (χ3v) is 3.52. The van der Waals surface area contributed by atoms with Crippen molar-refractivity contribution >= 4 is 10.8 Å².